The lowest BCUT2D eigenvalue weighted by molar-refractivity contribution is 0.411. The van der Waals surface area contributed by atoms with Crippen molar-refractivity contribution in [1.82, 2.24) is 0 Å². The minimum absolute atomic E-state index is 0.650. The third-order valence-corrected chi connectivity index (χ3v) is 4.32. The average Bonchev–Trinajstić information content (AvgIpc) is 2.38. The van der Waals surface area contributed by atoms with Crippen molar-refractivity contribution in [2.45, 2.75) is 41.5 Å². The molecule has 0 unspecified atom stereocenters. The number of hydrogen-bond donors (Lipinski definition) is 0. The van der Waals surface area contributed by atoms with Gasteiger partial charge < -0.3 is 9.05 Å². The highest BCUT2D eigenvalue weighted by Gasteiger charge is 2.13. The summed E-state index contributed by atoms with van der Waals surface area (Å²) in [5.74, 6) is 1.30. The SMILES string of the molecule is Cc1cc(C)c(O[PH](=O)Oc2c(C)cc(C)cc2C)c(C)c1. The van der Waals surface area contributed by atoms with Crippen LogP contribution >= 0.6 is 8.25 Å². The van der Waals surface area contributed by atoms with E-state index in [9.17, 15) is 4.57 Å². The molecule has 0 amide bonds. The minimum Gasteiger partial charge on any atom is -0.417 e. The van der Waals surface area contributed by atoms with Gasteiger partial charge in [0.1, 0.15) is 11.5 Å². The van der Waals surface area contributed by atoms with Crippen LogP contribution in [0.25, 0.3) is 0 Å². The van der Waals surface area contributed by atoms with Crippen LogP contribution < -0.4 is 9.05 Å². The molecule has 0 bridgehead atoms. The summed E-state index contributed by atoms with van der Waals surface area (Å²) in [5.41, 5.74) is 6.20. The van der Waals surface area contributed by atoms with Crippen LogP contribution in [0.15, 0.2) is 24.3 Å². The summed E-state index contributed by atoms with van der Waals surface area (Å²) in [4.78, 5) is 0. The van der Waals surface area contributed by atoms with E-state index in [1.54, 1.807) is 0 Å². The quantitative estimate of drug-likeness (QED) is 0.710. The lowest BCUT2D eigenvalue weighted by Crippen LogP contribution is -1.97. The highest BCUT2D eigenvalue weighted by molar-refractivity contribution is 7.34. The number of hydrogen-bond acceptors (Lipinski definition) is 3. The third-order valence-electron chi connectivity index (χ3n) is 3.58. The molecule has 2 aromatic carbocycles. The molecular formula is C18H23O3P. The Morgan fingerprint density at radius 2 is 0.909 bits per heavy atom. The van der Waals surface area contributed by atoms with E-state index >= 15 is 0 Å². The number of aryl methyl sites for hydroxylation is 6. The summed E-state index contributed by atoms with van der Waals surface area (Å²) in [5, 5.41) is 0. The zero-order valence-electron chi connectivity index (χ0n) is 14.0. The van der Waals surface area contributed by atoms with Gasteiger partial charge in [0.15, 0.2) is 0 Å². The van der Waals surface area contributed by atoms with Crippen LogP contribution in [0.3, 0.4) is 0 Å². The molecule has 2 rings (SSSR count). The van der Waals surface area contributed by atoms with Crippen LogP contribution in [0.1, 0.15) is 33.4 Å². The van der Waals surface area contributed by atoms with Gasteiger partial charge in [-0.15, -0.1) is 0 Å². The molecule has 0 radical (unpaired) electrons. The van der Waals surface area contributed by atoms with Crippen LogP contribution in [-0.2, 0) is 4.57 Å². The van der Waals surface area contributed by atoms with E-state index in [4.69, 9.17) is 9.05 Å². The monoisotopic (exact) mass is 318 g/mol. The largest absolute Gasteiger partial charge is 0.419 e. The van der Waals surface area contributed by atoms with Gasteiger partial charge >= 0.3 is 8.25 Å². The molecule has 0 fully saturated rings. The summed E-state index contributed by atoms with van der Waals surface area (Å²) >= 11 is 0. The lowest BCUT2D eigenvalue weighted by atomic mass is 10.1. The number of benzene rings is 2. The van der Waals surface area contributed by atoms with E-state index in [1.807, 2.05) is 65.8 Å². The Morgan fingerprint density at radius 1 is 0.636 bits per heavy atom. The van der Waals surface area contributed by atoms with Crippen molar-refractivity contribution in [3.05, 3.63) is 57.6 Å². The molecule has 0 atom stereocenters. The Balaban J connectivity index is 2.22. The molecule has 0 aliphatic heterocycles. The van der Waals surface area contributed by atoms with Gasteiger partial charge in [-0.3, -0.25) is 0 Å². The Kier molecular flexibility index (Phi) is 4.97. The van der Waals surface area contributed by atoms with Crippen molar-refractivity contribution in [3.8, 4) is 11.5 Å². The molecule has 0 saturated carbocycles. The van der Waals surface area contributed by atoms with Crippen LogP contribution in [-0.4, -0.2) is 0 Å². The smallest absolute Gasteiger partial charge is 0.417 e. The fourth-order valence-corrected chi connectivity index (χ4v) is 3.86. The molecule has 0 N–H and O–H groups in total. The highest BCUT2D eigenvalue weighted by Crippen LogP contribution is 2.37. The normalized spacial score (nSPS) is 10.9. The predicted molar refractivity (Wildman–Crippen MR) is 91.6 cm³/mol. The van der Waals surface area contributed by atoms with E-state index in [2.05, 4.69) is 0 Å². The Labute approximate surface area is 133 Å². The molecule has 0 aliphatic carbocycles. The molecule has 0 aliphatic rings. The first kappa shape index (κ1) is 16.6. The zero-order valence-corrected chi connectivity index (χ0v) is 15.0. The standard InChI is InChI=1S/C18H23O3P/c1-11-7-13(3)17(14(4)8-11)20-22(19)21-18-15(5)9-12(2)10-16(18)6/h7-10,22H,1-6H3. The van der Waals surface area contributed by atoms with E-state index in [-0.39, 0.29) is 0 Å². The lowest BCUT2D eigenvalue weighted by Gasteiger charge is -2.16. The second-order valence-corrected chi connectivity index (χ2v) is 6.82. The van der Waals surface area contributed by atoms with E-state index < -0.39 is 8.25 Å². The Hall–Kier alpha value is -1.73. The van der Waals surface area contributed by atoms with Gasteiger partial charge in [-0.2, -0.15) is 0 Å². The predicted octanol–water partition coefficient (Wildman–Crippen LogP) is 5.38. The molecule has 0 spiro atoms. The molecule has 22 heavy (non-hydrogen) atoms. The average molecular weight is 318 g/mol. The van der Waals surface area contributed by atoms with E-state index in [0.29, 0.717) is 11.5 Å². The first-order valence-electron chi connectivity index (χ1n) is 7.33. The number of rotatable bonds is 4. The van der Waals surface area contributed by atoms with Crippen molar-refractivity contribution < 1.29 is 13.6 Å². The Bertz CT molecular complexity index is 628. The van der Waals surface area contributed by atoms with Crippen molar-refractivity contribution >= 4 is 8.25 Å². The van der Waals surface area contributed by atoms with Gasteiger partial charge in [0, 0.05) is 0 Å². The zero-order chi connectivity index (χ0) is 16.4. The second kappa shape index (κ2) is 6.58. The minimum atomic E-state index is -2.66. The maximum Gasteiger partial charge on any atom is 0.419 e. The first-order valence-corrected chi connectivity index (χ1v) is 8.55. The van der Waals surface area contributed by atoms with Crippen LogP contribution in [0.5, 0.6) is 11.5 Å². The molecule has 0 saturated heterocycles. The molecule has 118 valence electrons. The maximum atomic E-state index is 12.3. The summed E-state index contributed by atoms with van der Waals surface area (Å²) in [6.07, 6.45) is 0. The van der Waals surface area contributed by atoms with Crippen LogP contribution in [0, 0.1) is 41.5 Å². The van der Waals surface area contributed by atoms with Crippen molar-refractivity contribution in [1.29, 1.82) is 0 Å². The van der Waals surface area contributed by atoms with Crippen molar-refractivity contribution in [2.24, 2.45) is 0 Å². The van der Waals surface area contributed by atoms with Gasteiger partial charge in [0.2, 0.25) is 0 Å². The summed E-state index contributed by atoms with van der Waals surface area (Å²) in [7, 11) is -2.66. The van der Waals surface area contributed by atoms with Crippen LogP contribution in [0.2, 0.25) is 0 Å². The molecule has 3 nitrogen and oxygen atoms in total. The summed E-state index contributed by atoms with van der Waals surface area (Å²) < 4.78 is 23.5. The third kappa shape index (κ3) is 3.72. The van der Waals surface area contributed by atoms with Crippen LogP contribution in [0.4, 0.5) is 0 Å². The molecule has 0 heterocycles. The Morgan fingerprint density at radius 3 is 1.18 bits per heavy atom. The van der Waals surface area contributed by atoms with Crippen molar-refractivity contribution in [2.75, 3.05) is 0 Å². The second-order valence-electron chi connectivity index (χ2n) is 5.91. The van der Waals surface area contributed by atoms with Gasteiger partial charge in [-0.05, 0) is 63.8 Å². The first-order chi connectivity index (χ1) is 10.3. The molecular weight excluding hydrogens is 295 g/mol. The maximum absolute atomic E-state index is 12.3. The van der Waals surface area contributed by atoms with Gasteiger partial charge in [-0.25, -0.2) is 4.57 Å². The fourth-order valence-electron chi connectivity index (χ4n) is 2.84. The van der Waals surface area contributed by atoms with Gasteiger partial charge in [-0.1, -0.05) is 35.4 Å². The van der Waals surface area contributed by atoms with Gasteiger partial charge in [0.25, 0.3) is 0 Å². The topological polar surface area (TPSA) is 35.5 Å². The van der Waals surface area contributed by atoms with E-state index in [0.717, 1.165) is 33.4 Å². The molecule has 2 aromatic rings. The molecule has 0 aromatic heterocycles. The fraction of sp³-hybridized carbons (Fsp3) is 0.333. The van der Waals surface area contributed by atoms with Gasteiger partial charge in [0.05, 0.1) is 0 Å². The van der Waals surface area contributed by atoms with E-state index in [1.165, 1.54) is 0 Å². The van der Waals surface area contributed by atoms with Crippen molar-refractivity contribution in [3.63, 3.8) is 0 Å². The summed E-state index contributed by atoms with van der Waals surface area (Å²) in [6.45, 7) is 11.9. The molecule has 4 heteroatoms. The highest BCUT2D eigenvalue weighted by atomic mass is 31.1. The summed E-state index contributed by atoms with van der Waals surface area (Å²) in [6, 6.07) is 8.05.